The van der Waals surface area contributed by atoms with Gasteiger partial charge in [-0.2, -0.15) is 0 Å². The van der Waals surface area contributed by atoms with Crippen LogP contribution >= 0.6 is 11.8 Å². The summed E-state index contributed by atoms with van der Waals surface area (Å²) in [7, 11) is 0. The maximum Gasteiger partial charge on any atom is 0.124 e. The van der Waals surface area contributed by atoms with E-state index in [1.807, 2.05) is 30.3 Å². The minimum Gasteiger partial charge on any atom is -0.507 e. The van der Waals surface area contributed by atoms with Crippen LogP contribution in [0, 0.1) is 0 Å². The second-order valence-electron chi connectivity index (χ2n) is 3.76. The topological polar surface area (TPSA) is 32.6 Å². The van der Waals surface area contributed by atoms with Crippen LogP contribution in [0.15, 0.2) is 64.5 Å². The van der Waals surface area contributed by atoms with E-state index in [2.05, 4.69) is 17.1 Å². The number of para-hydroxylation sites is 1. The van der Waals surface area contributed by atoms with Crippen molar-refractivity contribution in [2.75, 3.05) is 12.3 Å². The quantitative estimate of drug-likeness (QED) is 0.504. The zero-order valence-electron chi connectivity index (χ0n) is 9.99. The summed E-state index contributed by atoms with van der Waals surface area (Å²) in [6.45, 7) is 0.744. The first-order valence-corrected chi connectivity index (χ1v) is 6.80. The molecule has 2 aromatic rings. The number of benzene rings is 2. The van der Waals surface area contributed by atoms with Crippen molar-refractivity contribution in [3.8, 4) is 5.75 Å². The van der Waals surface area contributed by atoms with E-state index in [4.69, 9.17) is 0 Å². The molecule has 0 atom stereocenters. The van der Waals surface area contributed by atoms with Crippen molar-refractivity contribution < 1.29 is 5.11 Å². The summed E-state index contributed by atoms with van der Waals surface area (Å²) < 4.78 is 0. The van der Waals surface area contributed by atoms with E-state index in [9.17, 15) is 5.11 Å². The zero-order valence-corrected chi connectivity index (χ0v) is 10.8. The highest BCUT2D eigenvalue weighted by atomic mass is 32.2. The normalized spacial score (nSPS) is 10.9. The van der Waals surface area contributed by atoms with Crippen molar-refractivity contribution in [3.63, 3.8) is 0 Å². The van der Waals surface area contributed by atoms with Crippen LogP contribution in [-0.2, 0) is 0 Å². The lowest BCUT2D eigenvalue weighted by Crippen LogP contribution is -1.88. The molecule has 0 saturated heterocycles. The average Bonchev–Trinajstić information content (AvgIpc) is 2.42. The number of nitrogens with zero attached hydrogens (tertiary/aromatic N) is 1. The molecular formula is C15H15NOS. The first-order valence-electron chi connectivity index (χ1n) is 5.82. The van der Waals surface area contributed by atoms with Crippen LogP contribution in [0.3, 0.4) is 0 Å². The van der Waals surface area contributed by atoms with Crippen molar-refractivity contribution in [1.82, 2.24) is 0 Å². The van der Waals surface area contributed by atoms with Gasteiger partial charge in [-0.15, -0.1) is 11.8 Å². The standard InChI is InChI=1S/C15H15NOS/c17-15-9-5-4-6-13(15)12-16-10-11-18-14-7-2-1-3-8-14/h1-9,12,17H,10-11H2. The minimum absolute atomic E-state index is 0.275. The van der Waals surface area contributed by atoms with Crippen LogP contribution < -0.4 is 0 Å². The van der Waals surface area contributed by atoms with Gasteiger partial charge in [-0.05, 0) is 24.3 Å². The second kappa shape index (κ2) is 6.87. The Morgan fingerprint density at radius 2 is 1.72 bits per heavy atom. The number of thioether (sulfide) groups is 1. The van der Waals surface area contributed by atoms with Gasteiger partial charge in [0.15, 0.2) is 0 Å². The van der Waals surface area contributed by atoms with Crippen molar-refractivity contribution in [3.05, 3.63) is 60.2 Å². The molecule has 0 aromatic heterocycles. The predicted molar refractivity (Wildman–Crippen MR) is 77.7 cm³/mol. The molecule has 0 unspecified atom stereocenters. The van der Waals surface area contributed by atoms with E-state index in [-0.39, 0.29) is 5.75 Å². The van der Waals surface area contributed by atoms with Gasteiger partial charge in [0, 0.05) is 29.0 Å². The molecule has 18 heavy (non-hydrogen) atoms. The Labute approximate surface area is 111 Å². The Balaban J connectivity index is 1.77. The number of phenolic OH excluding ortho intramolecular Hbond substituents is 1. The molecule has 0 amide bonds. The predicted octanol–water partition coefficient (Wildman–Crippen LogP) is 3.60. The van der Waals surface area contributed by atoms with E-state index in [0.717, 1.165) is 17.9 Å². The molecule has 2 nitrogen and oxygen atoms in total. The Bertz CT molecular complexity index is 511. The summed E-state index contributed by atoms with van der Waals surface area (Å²) in [6.07, 6.45) is 1.72. The molecule has 2 aromatic carbocycles. The van der Waals surface area contributed by atoms with Crippen LogP contribution in [0.25, 0.3) is 0 Å². The second-order valence-corrected chi connectivity index (χ2v) is 4.92. The molecule has 1 N–H and O–H groups in total. The fourth-order valence-corrected chi connectivity index (χ4v) is 2.27. The molecule has 0 aliphatic rings. The lowest BCUT2D eigenvalue weighted by Gasteiger charge is -1.99. The average molecular weight is 257 g/mol. The molecule has 0 fully saturated rings. The van der Waals surface area contributed by atoms with Crippen LogP contribution in [0.1, 0.15) is 5.56 Å². The molecule has 0 aliphatic heterocycles. The highest BCUT2D eigenvalue weighted by molar-refractivity contribution is 7.99. The molecule has 2 rings (SSSR count). The smallest absolute Gasteiger partial charge is 0.124 e. The third-order valence-electron chi connectivity index (χ3n) is 2.40. The molecular weight excluding hydrogens is 242 g/mol. The number of aromatic hydroxyl groups is 1. The molecule has 92 valence electrons. The number of rotatable bonds is 5. The van der Waals surface area contributed by atoms with E-state index in [1.54, 1.807) is 30.1 Å². The molecule has 0 radical (unpaired) electrons. The molecule has 0 aliphatic carbocycles. The van der Waals surface area contributed by atoms with Crippen molar-refractivity contribution in [2.45, 2.75) is 4.90 Å². The van der Waals surface area contributed by atoms with Gasteiger partial charge in [-0.1, -0.05) is 30.3 Å². The van der Waals surface area contributed by atoms with Gasteiger partial charge >= 0.3 is 0 Å². The zero-order chi connectivity index (χ0) is 12.6. The molecule has 3 heteroatoms. The van der Waals surface area contributed by atoms with Crippen molar-refractivity contribution in [1.29, 1.82) is 0 Å². The summed E-state index contributed by atoms with van der Waals surface area (Å²) in [6, 6.07) is 17.5. The summed E-state index contributed by atoms with van der Waals surface area (Å²) >= 11 is 1.78. The summed E-state index contributed by atoms with van der Waals surface area (Å²) in [4.78, 5) is 5.57. The monoisotopic (exact) mass is 257 g/mol. The van der Waals surface area contributed by atoms with Gasteiger partial charge in [0.2, 0.25) is 0 Å². The van der Waals surface area contributed by atoms with E-state index in [0.29, 0.717) is 0 Å². The largest absolute Gasteiger partial charge is 0.507 e. The number of aliphatic imine (C=N–C) groups is 1. The van der Waals surface area contributed by atoms with Gasteiger partial charge in [-0.3, -0.25) is 4.99 Å². The maximum atomic E-state index is 9.55. The van der Waals surface area contributed by atoms with E-state index in [1.165, 1.54) is 4.90 Å². The van der Waals surface area contributed by atoms with Gasteiger partial charge in [0.1, 0.15) is 5.75 Å². The third kappa shape index (κ3) is 3.93. The number of phenols is 1. The first kappa shape index (κ1) is 12.7. The number of hydrogen-bond donors (Lipinski definition) is 1. The SMILES string of the molecule is Oc1ccccc1C=NCCSc1ccccc1. The maximum absolute atomic E-state index is 9.55. The first-order chi connectivity index (χ1) is 8.86. The fraction of sp³-hybridized carbons (Fsp3) is 0.133. The summed E-state index contributed by atoms with van der Waals surface area (Å²) in [5.74, 6) is 1.21. The Morgan fingerprint density at radius 3 is 2.50 bits per heavy atom. The van der Waals surface area contributed by atoms with Crippen LogP contribution in [0.4, 0.5) is 0 Å². The molecule has 0 saturated carbocycles. The molecule has 0 bridgehead atoms. The molecule has 0 spiro atoms. The highest BCUT2D eigenvalue weighted by Crippen LogP contribution is 2.16. The summed E-state index contributed by atoms with van der Waals surface area (Å²) in [5, 5.41) is 9.55. The lowest BCUT2D eigenvalue weighted by molar-refractivity contribution is 0.474. The van der Waals surface area contributed by atoms with Gasteiger partial charge in [0.25, 0.3) is 0 Å². The Hall–Kier alpha value is -1.74. The van der Waals surface area contributed by atoms with E-state index >= 15 is 0 Å². The van der Waals surface area contributed by atoms with Crippen molar-refractivity contribution in [2.24, 2.45) is 4.99 Å². The fourth-order valence-electron chi connectivity index (χ4n) is 1.49. The van der Waals surface area contributed by atoms with E-state index < -0.39 is 0 Å². The van der Waals surface area contributed by atoms with Crippen LogP contribution in [-0.4, -0.2) is 23.6 Å². The van der Waals surface area contributed by atoms with Crippen LogP contribution in [0.2, 0.25) is 0 Å². The lowest BCUT2D eigenvalue weighted by atomic mass is 10.2. The van der Waals surface area contributed by atoms with Crippen LogP contribution in [0.5, 0.6) is 5.75 Å². The number of hydrogen-bond acceptors (Lipinski definition) is 3. The molecule has 0 heterocycles. The van der Waals surface area contributed by atoms with Gasteiger partial charge in [0.05, 0.1) is 0 Å². The third-order valence-corrected chi connectivity index (χ3v) is 3.39. The van der Waals surface area contributed by atoms with Gasteiger partial charge < -0.3 is 5.11 Å². The Kier molecular flexibility index (Phi) is 4.85. The van der Waals surface area contributed by atoms with Gasteiger partial charge in [-0.25, -0.2) is 0 Å². The van der Waals surface area contributed by atoms with Crippen molar-refractivity contribution >= 4 is 18.0 Å². The highest BCUT2D eigenvalue weighted by Gasteiger charge is 1.94. The minimum atomic E-state index is 0.275. The summed E-state index contributed by atoms with van der Waals surface area (Å²) in [5.41, 5.74) is 0.766. The Morgan fingerprint density at radius 1 is 1.00 bits per heavy atom.